The number of benzene rings is 1. The van der Waals surface area contributed by atoms with Crippen molar-refractivity contribution < 1.29 is 19.0 Å². The Morgan fingerprint density at radius 3 is 3.08 bits per heavy atom. The highest BCUT2D eigenvalue weighted by atomic mass is 35.5. The molecule has 0 saturated heterocycles. The molecule has 138 valence electrons. The molecular weight excluding hydrogens is 374 g/mol. The van der Waals surface area contributed by atoms with Gasteiger partial charge in [-0.25, -0.2) is 0 Å². The summed E-state index contributed by atoms with van der Waals surface area (Å²) >= 11 is 7.91. The number of hydrogen-bond donors (Lipinski definition) is 1. The lowest BCUT2D eigenvalue weighted by Gasteiger charge is -2.22. The molecule has 0 radical (unpaired) electrons. The maximum absolute atomic E-state index is 12.3. The summed E-state index contributed by atoms with van der Waals surface area (Å²) in [4.78, 5) is 13.5. The van der Waals surface area contributed by atoms with E-state index in [-0.39, 0.29) is 12.0 Å². The summed E-state index contributed by atoms with van der Waals surface area (Å²) < 4.78 is 16.9. The summed E-state index contributed by atoms with van der Waals surface area (Å²) in [7, 11) is 0. The van der Waals surface area contributed by atoms with Gasteiger partial charge in [-0.1, -0.05) is 11.6 Å². The van der Waals surface area contributed by atoms with Crippen LogP contribution in [0.1, 0.15) is 28.5 Å². The van der Waals surface area contributed by atoms with E-state index < -0.39 is 0 Å². The second kappa shape index (κ2) is 7.86. The third-order valence-electron chi connectivity index (χ3n) is 4.53. The van der Waals surface area contributed by atoms with Crippen molar-refractivity contribution >= 4 is 28.8 Å². The molecule has 0 spiro atoms. The number of ether oxygens (including phenoxy) is 3. The van der Waals surface area contributed by atoms with Gasteiger partial charge in [0, 0.05) is 11.4 Å². The third-order valence-corrected chi connectivity index (χ3v) is 5.86. The number of amides is 1. The van der Waals surface area contributed by atoms with Crippen LogP contribution in [0.3, 0.4) is 0 Å². The number of carbonyl (C=O) groups excluding carboxylic acids is 1. The first-order valence-electron chi connectivity index (χ1n) is 8.73. The number of thiophene rings is 1. The van der Waals surface area contributed by atoms with Gasteiger partial charge in [-0.2, -0.15) is 0 Å². The molecule has 26 heavy (non-hydrogen) atoms. The van der Waals surface area contributed by atoms with Crippen molar-refractivity contribution in [3.8, 4) is 11.5 Å². The van der Waals surface area contributed by atoms with Gasteiger partial charge in [-0.3, -0.25) is 4.79 Å². The third kappa shape index (κ3) is 3.82. The molecule has 0 bridgehead atoms. The van der Waals surface area contributed by atoms with E-state index in [1.807, 2.05) is 12.1 Å². The van der Waals surface area contributed by atoms with E-state index in [2.05, 4.69) is 16.8 Å². The highest BCUT2D eigenvalue weighted by Gasteiger charge is 2.24. The summed E-state index contributed by atoms with van der Waals surface area (Å²) in [5.41, 5.74) is 2.32. The molecule has 0 saturated carbocycles. The number of rotatable bonds is 5. The Hall–Kier alpha value is -1.76. The summed E-state index contributed by atoms with van der Waals surface area (Å²) in [5.74, 6) is 1.28. The zero-order valence-electron chi connectivity index (χ0n) is 14.3. The summed E-state index contributed by atoms with van der Waals surface area (Å²) in [6.07, 6.45) is 1.84. The van der Waals surface area contributed by atoms with E-state index in [4.69, 9.17) is 25.8 Å². The summed E-state index contributed by atoms with van der Waals surface area (Å²) in [6, 6.07) is 5.91. The number of fused-ring (bicyclic) bond motifs is 2. The van der Waals surface area contributed by atoms with Gasteiger partial charge in [0.15, 0.2) is 11.5 Å². The second-order valence-corrected chi connectivity index (χ2v) is 7.68. The van der Waals surface area contributed by atoms with E-state index in [0.29, 0.717) is 55.7 Å². The fourth-order valence-corrected chi connectivity index (χ4v) is 4.56. The van der Waals surface area contributed by atoms with E-state index in [0.717, 1.165) is 12.0 Å². The Kier molecular flexibility index (Phi) is 5.33. The molecule has 2 aromatic rings. The Morgan fingerprint density at radius 1 is 1.27 bits per heavy atom. The summed E-state index contributed by atoms with van der Waals surface area (Å²) in [5, 5.41) is 5.58. The first-order valence-corrected chi connectivity index (χ1v) is 9.99. The van der Waals surface area contributed by atoms with Crippen LogP contribution in [-0.4, -0.2) is 32.3 Å². The minimum Gasteiger partial charge on any atom is -0.486 e. The van der Waals surface area contributed by atoms with Gasteiger partial charge < -0.3 is 19.5 Å². The number of nitrogens with one attached hydrogen (secondary N) is 1. The SMILES string of the molecule is O=C(C[C@@H]1OCCc2ccsc21)NCCc1cc(Cl)c2c(c1)OCCO2. The minimum atomic E-state index is -0.123. The van der Waals surface area contributed by atoms with Crippen LogP contribution in [0.2, 0.25) is 5.02 Å². The molecule has 5 nitrogen and oxygen atoms in total. The van der Waals surface area contributed by atoms with Crippen LogP contribution < -0.4 is 14.8 Å². The van der Waals surface area contributed by atoms with Crippen LogP contribution in [0.15, 0.2) is 23.6 Å². The smallest absolute Gasteiger partial charge is 0.223 e. The number of hydrogen-bond acceptors (Lipinski definition) is 5. The molecule has 1 aromatic carbocycles. The fraction of sp³-hybridized carbons (Fsp3) is 0.421. The van der Waals surface area contributed by atoms with Gasteiger partial charge in [-0.05, 0) is 47.5 Å². The molecule has 0 unspecified atom stereocenters. The van der Waals surface area contributed by atoms with Crippen molar-refractivity contribution in [2.75, 3.05) is 26.4 Å². The van der Waals surface area contributed by atoms with Crippen molar-refractivity contribution in [1.82, 2.24) is 5.32 Å². The molecule has 2 aliphatic heterocycles. The quantitative estimate of drug-likeness (QED) is 0.844. The molecule has 0 aliphatic carbocycles. The van der Waals surface area contributed by atoms with Gasteiger partial charge in [0.25, 0.3) is 0 Å². The molecule has 3 heterocycles. The zero-order chi connectivity index (χ0) is 17.9. The fourth-order valence-electron chi connectivity index (χ4n) is 3.27. The largest absolute Gasteiger partial charge is 0.486 e. The van der Waals surface area contributed by atoms with Crippen LogP contribution in [0, 0.1) is 0 Å². The summed E-state index contributed by atoms with van der Waals surface area (Å²) in [6.45, 7) is 2.25. The van der Waals surface area contributed by atoms with Crippen LogP contribution in [0.5, 0.6) is 11.5 Å². The van der Waals surface area contributed by atoms with Gasteiger partial charge in [0.05, 0.1) is 18.1 Å². The highest BCUT2D eigenvalue weighted by molar-refractivity contribution is 7.10. The normalized spacial score (nSPS) is 18.3. The van der Waals surface area contributed by atoms with Crippen LogP contribution in [0.4, 0.5) is 0 Å². The van der Waals surface area contributed by atoms with Gasteiger partial charge in [0.2, 0.25) is 5.91 Å². The van der Waals surface area contributed by atoms with Crippen LogP contribution in [0.25, 0.3) is 0 Å². The van der Waals surface area contributed by atoms with Crippen molar-refractivity contribution in [2.45, 2.75) is 25.4 Å². The van der Waals surface area contributed by atoms with Crippen molar-refractivity contribution in [3.05, 3.63) is 44.6 Å². The molecular formula is C19H20ClNO4S. The maximum Gasteiger partial charge on any atom is 0.223 e. The van der Waals surface area contributed by atoms with Crippen molar-refractivity contribution in [3.63, 3.8) is 0 Å². The number of carbonyl (C=O) groups is 1. The Bertz CT molecular complexity index is 807. The Balaban J connectivity index is 1.30. The number of halogens is 1. The average Bonchev–Trinajstić information content (AvgIpc) is 3.12. The lowest BCUT2D eigenvalue weighted by Crippen LogP contribution is -2.29. The van der Waals surface area contributed by atoms with Crippen LogP contribution >= 0.6 is 22.9 Å². The molecule has 4 rings (SSSR count). The molecule has 1 N–H and O–H groups in total. The molecule has 2 aliphatic rings. The average molecular weight is 394 g/mol. The predicted molar refractivity (Wildman–Crippen MR) is 100 cm³/mol. The van der Waals surface area contributed by atoms with E-state index in [1.165, 1.54) is 10.4 Å². The lowest BCUT2D eigenvalue weighted by atomic mass is 10.1. The van der Waals surface area contributed by atoms with E-state index in [1.54, 1.807) is 11.3 Å². The van der Waals surface area contributed by atoms with E-state index in [9.17, 15) is 4.79 Å². The van der Waals surface area contributed by atoms with E-state index >= 15 is 0 Å². The Morgan fingerprint density at radius 2 is 2.15 bits per heavy atom. The Labute approximate surface area is 161 Å². The molecule has 1 amide bonds. The highest BCUT2D eigenvalue weighted by Crippen LogP contribution is 2.38. The molecule has 1 aromatic heterocycles. The minimum absolute atomic E-state index is 0.000102. The first-order chi connectivity index (χ1) is 12.7. The van der Waals surface area contributed by atoms with Gasteiger partial charge in [0.1, 0.15) is 19.3 Å². The molecule has 7 heteroatoms. The second-order valence-electron chi connectivity index (χ2n) is 6.33. The van der Waals surface area contributed by atoms with Crippen molar-refractivity contribution in [2.24, 2.45) is 0 Å². The lowest BCUT2D eigenvalue weighted by molar-refractivity contribution is -0.124. The topological polar surface area (TPSA) is 56.8 Å². The maximum atomic E-state index is 12.3. The first kappa shape index (κ1) is 17.6. The monoisotopic (exact) mass is 393 g/mol. The van der Waals surface area contributed by atoms with Crippen LogP contribution in [-0.2, 0) is 22.4 Å². The molecule has 1 atom stereocenters. The standard InChI is InChI=1S/C19H20ClNO4S/c20-14-9-12(10-15-18(14)25-7-6-24-15)1-4-21-17(22)11-16-19-13(2-5-23-16)3-8-26-19/h3,8-10,16H,1-2,4-7,11H2,(H,21,22)/t16-/m0/s1. The zero-order valence-corrected chi connectivity index (χ0v) is 15.8. The van der Waals surface area contributed by atoms with Gasteiger partial charge >= 0.3 is 0 Å². The van der Waals surface area contributed by atoms with Crippen molar-refractivity contribution in [1.29, 1.82) is 0 Å². The predicted octanol–water partition coefficient (Wildman–Crippen LogP) is 3.54. The van der Waals surface area contributed by atoms with Gasteiger partial charge in [-0.15, -0.1) is 11.3 Å². The molecule has 0 fully saturated rings.